The largest absolute Gasteiger partial charge is 0.364 e. The molecule has 3 N–H and O–H groups in total. The maximum atomic E-state index is 11.6. The van der Waals surface area contributed by atoms with E-state index in [0.29, 0.717) is 18.8 Å². The maximum Gasteiger partial charge on any atom is 0.249 e. The molecule has 16 heavy (non-hydrogen) atoms. The lowest BCUT2D eigenvalue weighted by Crippen LogP contribution is -2.36. The van der Waals surface area contributed by atoms with Crippen LogP contribution in [0.15, 0.2) is 0 Å². The Morgan fingerprint density at radius 3 is 3.06 bits per heavy atom. The third-order valence-electron chi connectivity index (χ3n) is 2.39. The van der Waals surface area contributed by atoms with Gasteiger partial charge in [0.15, 0.2) is 0 Å². The first-order valence-electron chi connectivity index (χ1n) is 5.42. The predicted octanol–water partition coefficient (Wildman–Crippen LogP) is -0.0247. The van der Waals surface area contributed by atoms with Gasteiger partial charge < -0.3 is 15.8 Å². The molecule has 0 spiro atoms. The number of nitrogens with one attached hydrogen (secondary N) is 1. The molecule has 0 bridgehead atoms. The van der Waals surface area contributed by atoms with Gasteiger partial charge in [0.05, 0.1) is 11.9 Å². The van der Waals surface area contributed by atoms with Crippen LogP contribution >= 0.6 is 11.8 Å². The van der Waals surface area contributed by atoms with Gasteiger partial charge in [-0.3, -0.25) is 4.79 Å². The average molecular weight is 242 g/mol. The molecular formula is C11H18N2O2S. The van der Waals surface area contributed by atoms with Crippen molar-refractivity contribution in [2.45, 2.75) is 25.0 Å². The van der Waals surface area contributed by atoms with Crippen molar-refractivity contribution in [3.05, 3.63) is 0 Å². The summed E-state index contributed by atoms with van der Waals surface area (Å²) in [5.74, 6) is 4.03. The molecule has 1 aliphatic heterocycles. The number of ether oxygens (including phenoxy) is 1. The standard InChI is InChI=1S/C11H18N2O2S/c1-2-6-16-7-5-13-11(14)10-4-3-9(8-12)15-10/h1,9-10H,3-8,12H2,(H,13,14). The number of carbonyl (C=O) groups is 1. The lowest BCUT2D eigenvalue weighted by atomic mass is 10.2. The molecule has 2 unspecified atom stereocenters. The highest BCUT2D eigenvalue weighted by molar-refractivity contribution is 7.99. The fourth-order valence-corrected chi connectivity index (χ4v) is 2.07. The quantitative estimate of drug-likeness (QED) is 0.507. The summed E-state index contributed by atoms with van der Waals surface area (Å²) in [6.45, 7) is 1.13. The summed E-state index contributed by atoms with van der Waals surface area (Å²) in [6, 6.07) is 0. The molecule has 0 aromatic carbocycles. The molecule has 1 fully saturated rings. The molecule has 4 nitrogen and oxygen atoms in total. The smallest absolute Gasteiger partial charge is 0.249 e. The normalized spacial score (nSPS) is 24.0. The highest BCUT2D eigenvalue weighted by Crippen LogP contribution is 2.18. The van der Waals surface area contributed by atoms with Gasteiger partial charge in [-0.05, 0) is 12.8 Å². The van der Waals surface area contributed by atoms with Crippen molar-refractivity contribution in [2.24, 2.45) is 5.73 Å². The minimum atomic E-state index is -0.314. The van der Waals surface area contributed by atoms with E-state index in [-0.39, 0.29) is 18.1 Å². The average Bonchev–Trinajstić information content (AvgIpc) is 2.77. The first-order valence-corrected chi connectivity index (χ1v) is 6.58. The molecular weight excluding hydrogens is 224 g/mol. The van der Waals surface area contributed by atoms with Gasteiger partial charge in [0.1, 0.15) is 6.10 Å². The molecule has 0 aromatic rings. The van der Waals surface area contributed by atoms with Crippen LogP contribution in [0.5, 0.6) is 0 Å². The highest BCUT2D eigenvalue weighted by Gasteiger charge is 2.29. The van der Waals surface area contributed by atoms with Crippen LogP contribution in [0.3, 0.4) is 0 Å². The zero-order chi connectivity index (χ0) is 11.8. The van der Waals surface area contributed by atoms with Crippen molar-refractivity contribution in [2.75, 3.05) is 24.6 Å². The lowest BCUT2D eigenvalue weighted by Gasteiger charge is -2.12. The zero-order valence-electron chi connectivity index (χ0n) is 9.28. The first-order chi connectivity index (χ1) is 7.77. The molecule has 5 heteroatoms. The first kappa shape index (κ1) is 13.4. The van der Waals surface area contributed by atoms with Gasteiger partial charge in [-0.15, -0.1) is 18.2 Å². The van der Waals surface area contributed by atoms with Gasteiger partial charge >= 0.3 is 0 Å². The minimum Gasteiger partial charge on any atom is -0.364 e. The van der Waals surface area contributed by atoms with Crippen LogP contribution in [0, 0.1) is 12.3 Å². The van der Waals surface area contributed by atoms with Gasteiger partial charge in [-0.25, -0.2) is 0 Å². The molecule has 0 aliphatic carbocycles. The van der Waals surface area contributed by atoms with Crippen molar-refractivity contribution in [3.8, 4) is 12.3 Å². The van der Waals surface area contributed by atoms with E-state index in [1.54, 1.807) is 11.8 Å². The molecule has 0 aromatic heterocycles. The second-order valence-electron chi connectivity index (χ2n) is 3.61. The Hall–Kier alpha value is -0.700. The van der Waals surface area contributed by atoms with Gasteiger partial charge in [0.2, 0.25) is 5.91 Å². The molecule has 1 rings (SSSR count). The van der Waals surface area contributed by atoms with Crippen LogP contribution in [0.4, 0.5) is 0 Å². The molecule has 1 amide bonds. The van der Waals surface area contributed by atoms with Crippen LogP contribution in [-0.4, -0.2) is 42.7 Å². The predicted molar refractivity (Wildman–Crippen MR) is 66.1 cm³/mol. The van der Waals surface area contributed by atoms with Crippen molar-refractivity contribution >= 4 is 17.7 Å². The van der Waals surface area contributed by atoms with Gasteiger partial charge in [-0.2, -0.15) is 0 Å². The monoisotopic (exact) mass is 242 g/mol. The summed E-state index contributed by atoms with van der Waals surface area (Å²) < 4.78 is 5.47. The molecule has 1 aliphatic rings. The zero-order valence-corrected chi connectivity index (χ0v) is 10.1. The Labute approximate surface area is 101 Å². The van der Waals surface area contributed by atoms with E-state index in [0.717, 1.165) is 18.6 Å². The van der Waals surface area contributed by atoms with Crippen molar-refractivity contribution in [3.63, 3.8) is 0 Å². The van der Waals surface area contributed by atoms with Crippen molar-refractivity contribution in [1.82, 2.24) is 5.32 Å². The molecule has 1 heterocycles. The molecule has 90 valence electrons. The van der Waals surface area contributed by atoms with E-state index in [1.165, 1.54) is 0 Å². The van der Waals surface area contributed by atoms with E-state index in [9.17, 15) is 4.79 Å². The van der Waals surface area contributed by atoms with E-state index < -0.39 is 0 Å². The number of carbonyl (C=O) groups excluding carboxylic acids is 1. The summed E-state index contributed by atoms with van der Waals surface area (Å²) in [7, 11) is 0. The number of nitrogens with two attached hydrogens (primary N) is 1. The van der Waals surface area contributed by atoms with Crippen LogP contribution in [-0.2, 0) is 9.53 Å². The Balaban J connectivity index is 2.09. The molecule has 0 saturated carbocycles. The third-order valence-corrected chi connectivity index (χ3v) is 3.26. The fourth-order valence-electron chi connectivity index (χ4n) is 1.56. The number of terminal acetylenes is 1. The molecule has 2 atom stereocenters. The fraction of sp³-hybridized carbons (Fsp3) is 0.727. The number of rotatable bonds is 6. The van der Waals surface area contributed by atoms with Crippen molar-refractivity contribution in [1.29, 1.82) is 0 Å². The van der Waals surface area contributed by atoms with Crippen LogP contribution in [0.1, 0.15) is 12.8 Å². The van der Waals surface area contributed by atoms with Gasteiger partial charge in [0.25, 0.3) is 0 Å². The number of amides is 1. The van der Waals surface area contributed by atoms with Gasteiger partial charge in [0, 0.05) is 18.8 Å². The van der Waals surface area contributed by atoms with E-state index >= 15 is 0 Å². The third kappa shape index (κ3) is 4.44. The number of hydrogen-bond acceptors (Lipinski definition) is 4. The SMILES string of the molecule is C#CCSCCNC(=O)C1CCC(CN)O1. The maximum absolute atomic E-state index is 11.6. The van der Waals surface area contributed by atoms with Crippen molar-refractivity contribution < 1.29 is 9.53 Å². The second-order valence-corrected chi connectivity index (χ2v) is 4.71. The Kier molecular flexibility index (Phi) is 6.31. The second kappa shape index (κ2) is 7.55. The number of hydrogen-bond donors (Lipinski definition) is 2. The minimum absolute atomic E-state index is 0.0303. The summed E-state index contributed by atoms with van der Waals surface area (Å²) in [4.78, 5) is 11.6. The van der Waals surface area contributed by atoms with Crippen LogP contribution in [0.25, 0.3) is 0 Å². The Bertz CT molecular complexity index is 265. The topological polar surface area (TPSA) is 64.4 Å². The molecule has 1 saturated heterocycles. The Morgan fingerprint density at radius 1 is 1.62 bits per heavy atom. The van der Waals surface area contributed by atoms with Crippen LogP contribution < -0.4 is 11.1 Å². The van der Waals surface area contributed by atoms with Crippen LogP contribution in [0.2, 0.25) is 0 Å². The van der Waals surface area contributed by atoms with Gasteiger partial charge in [-0.1, -0.05) is 5.92 Å². The summed E-state index contributed by atoms with van der Waals surface area (Å²) in [5.41, 5.74) is 5.47. The summed E-state index contributed by atoms with van der Waals surface area (Å²) in [6.07, 6.45) is 6.49. The summed E-state index contributed by atoms with van der Waals surface area (Å²) >= 11 is 1.63. The highest BCUT2D eigenvalue weighted by atomic mass is 32.2. The lowest BCUT2D eigenvalue weighted by molar-refractivity contribution is -0.131. The molecule has 0 radical (unpaired) electrons. The van der Waals surface area contributed by atoms with E-state index in [1.807, 2.05) is 0 Å². The summed E-state index contributed by atoms with van der Waals surface area (Å²) in [5, 5.41) is 2.83. The van der Waals surface area contributed by atoms with E-state index in [4.69, 9.17) is 16.9 Å². The van der Waals surface area contributed by atoms with E-state index in [2.05, 4.69) is 11.2 Å². The number of thioether (sulfide) groups is 1. The Morgan fingerprint density at radius 2 is 2.44 bits per heavy atom.